The zero-order valence-electron chi connectivity index (χ0n) is 31.4. The van der Waals surface area contributed by atoms with Crippen LogP contribution in [0.2, 0.25) is 13.1 Å². The fourth-order valence-electron chi connectivity index (χ4n) is 6.53. The van der Waals surface area contributed by atoms with E-state index in [1.54, 1.807) is 11.1 Å². The summed E-state index contributed by atoms with van der Waals surface area (Å²) < 4.78 is 9.67. The quantitative estimate of drug-likeness (QED) is 0.224. The first-order chi connectivity index (χ1) is 19.8. The summed E-state index contributed by atoms with van der Waals surface area (Å²) in [5.41, 5.74) is 8.58. The summed E-state index contributed by atoms with van der Waals surface area (Å²) in [5, 5.41) is 0. The maximum atomic E-state index is 4.83. The molecular weight excluding hydrogens is 619 g/mol. The number of rotatable bonds is 6. The van der Waals surface area contributed by atoms with Gasteiger partial charge in [-0.05, 0) is 85.7 Å². The van der Waals surface area contributed by atoms with E-state index in [-0.39, 0.29) is 64.4 Å². The van der Waals surface area contributed by atoms with Crippen molar-refractivity contribution in [3.05, 3.63) is 172 Å². The van der Waals surface area contributed by atoms with Gasteiger partial charge in [-0.2, -0.15) is 0 Å². The summed E-state index contributed by atoms with van der Waals surface area (Å²) in [5.74, 6) is 8.59. The molecule has 2 fully saturated rings. The van der Waals surface area contributed by atoms with Crippen molar-refractivity contribution >= 4 is 54.9 Å². The molecule has 2 saturated carbocycles. The predicted molar refractivity (Wildman–Crippen MR) is 214 cm³/mol. The molecule has 4 aliphatic carbocycles. The van der Waals surface area contributed by atoms with Gasteiger partial charge >= 0.3 is 34.7 Å². The zero-order chi connectivity index (χ0) is 29.6. The first-order valence-corrected chi connectivity index (χ1v) is 18.1. The number of allylic oxidation sites excluding steroid dienone is 2. The standard InChI is InChI=1S/C30H26Si.2C4H10O.4CH3.2Al/c1-19-17-27-23-11-7-5-9-21(23)13-15-25(27)29(19)31(3,4)30-20(2)18-28-24-12-8-6-10-22(24)14-16-26(28)30;2*1-3-5-4-2;;;;;;/h5-18H,1-4H3;2*3-4H2,1-2H3;4*1H3;;/q;;;4*-1;2*+3. The Morgan fingerprint density at radius 1 is 0.489 bits per heavy atom. The molecule has 5 heteroatoms. The molecule has 0 amide bonds. The van der Waals surface area contributed by atoms with Gasteiger partial charge in [0.05, 0.1) is 8.07 Å². The van der Waals surface area contributed by atoms with Crippen LogP contribution in [0.25, 0.3) is 12.2 Å². The van der Waals surface area contributed by atoms with E-state index in [9.17, 15) is 0 Å². The third kappa shape index (κ3) is 11.1. The second kappa shape index (κ2) is 23.5. The molecule has 2 nitrogen and oxygen atoms in total. The van der Waals surface area contributed by atoms with Gasteiger partial charge in [-0.15, -0.1) is 0 Å². The van der Waals surface area contributed by atoms with Crippen LogP contribution in [-0.4, -0.2) is 69.2 Å². The van der Waals surface area contributed by atoms with Crippen LogP contribution in [0, 0.1) is 89.1 Å². The molecule has 0 bridgehead atoms. The maximum absolute atomic E-state index is 4.83. The molecule has 0 spiro atoms. The summed E-state index contributed by atoms with van der Waals surface area (Å²) in [6.07, 6.45) is 14.2. The molecule has 4 aliphatic rings. The fraction of sp³-hybridized carbons (Fsp3) is 0.286. The first-order valence-electron chi connectivity index (χ1n) is 15.1. The molecule has 0 saturated heterocycles. The molecule has 10 radical (unpaired) electrons. The van der Waals surface area contributed by atoms with Crippen molar-refractivity contribution in [1.29, 1.82) is 0 Å². The van der Waals surface area contributed by atoms with Crippen molar-refractivity contribution in [3.8, 4) is 0 Å². The maximum Gasteiger partial charge on any atom is 3.00 e. The van der Waals surface area contributed by atoms with Crippen LogP contribution in [0.4, 0.5) is 0 Å². The zero-order valence-corrected chi connectivity index (χ0v) is 34.7. The minimum atomic E-state index is -1.94. The van der Waals surface area contributed by atoms with Crippen molar-refractivity contribution in [2.45, 2.75) is 54.6 Å². The van der Waals surface area contributed by atoms with Gasteiger partial charge in [0.2, 0.25) is 0 Å². The Hall–Kier alpha value is -0.878. The second-order valence-electron chi connectivity index (χ2n) is 11.1. The number of hydrogen-bond donors (Lipinski definition) is 0. The largest absolute Gasteiger partial charge is 3.00 e. The molecule has 0 N–H and O–H groups in total. The van der Waals surface area contributed by atoms with Gasteiger partial charge in [-0.1, -0.05) is 99.8 Å². The monoisotopic (exact) mass is 676 g/mol. The molecule has 2 aromatic carbocycles. The third-order valence-electron chi connectivity index (χ3n) is 8.06. The van der Waals surface area contributed by atoms with Gasteiger partial charge in [0.15, 0.2) is 0 Å². The number of hydrogen-bond acceptors (Lipinski definition) is 2. The van der Waals surface area contributed by atoms with E-state index in [4.69, 9.17) is 9.47 Å². The number of ether oxygens (including phenoxy) is 2. The van der Waals surface area contributed by atoms with Gasteiger partial charge in [0, 0.05) is 50.1 Å². The van der Waals surface area contributed by atoms with Crippen LogP contribution in [-0.2, 0) is 9.47 Å². The van der Waals surface area contributed by atoms with Crippen LogP contribution in [0.3, 0.4) is 0 Å². The predicted octanol–water partition coefficient (Wildman–Crippen LogP) is 10.1. The summed E-state index contributed by atoms with van der Waals surface area (Å²) in [6, 6.07) is 17.6. The molecule has 0 atom stereocenters. The van der Waals surface area contributed by atoms with Crippen molar-refractivity contribution < 1.29 is 9.47 Å². The van der Waals surface area contributed by atoms with E-state index in [2.05, 4.69) is 113 Å². The Kier molecular flexibility index (Phi) is 25.3. The third-order valence-corrected chi connectivity index (χ3v) is 11.9. The summed E-state index contributed by atoms with van der Waals surface area (Å²) >= 11 is 0. The van der Waals surface area contributed by atoms with Crippen molar-refractivity contribution in [3.63, 3.8) is 0 Å². The Balaban J connectivity index is -0.00000107. The molecule has 0 aliphatic heterocycles. The van der Waals surface area contributed by atoms with Gasteiger partial charge in [-0.25, -0.2) is 0 Å². The van der Waals surface area contributed by atoms with Gasteiger partial charge in [-0.3, -0.25) is 0 Å². The van der Waals surface area contributed by atoms with E-state index in [1.807, 2.05) is 27.7 Å². The topological polar surface area (TPSA) is 18.5 Å². The van der Waals surface area contributed by atoms with Crippen LogP contribution in [0.1, 0.15) is 63.8 Å². The molecule has 0 heterocycles. The average Bonchev–Trinajstić information content (AvgIpc) is 3.51. The molecule has 2 aromatic rings. The smallest absolute Gasteiger partial charge is 0.382 e. The second-order valence-corrected chi connectivity index (χ2v) is 15.3. The summed E-state index contributed by atoms with van der Waals surface area (Å²) in [7, 11) is -1.94. The minimum absolute atomic E-state index is 0. The van der Waals surface area contributed by atoms with E-state index in [0.29, 0.717) is 0 Å². The molecule has 6 rings (SSSR count). The van der Waals surface area contributed by atoms with Gasteiger partial charge < -0.3 is 39.2 Å². The van der Waals surface area contributed by atoms with Crippen LogP contribution in [0.5, 0.6) is 0 Å². The molecule has 246 valence electrons. The Bertz CT molecular complexity index is 1090. The van der Waals surface area contributed by atoms with E-state index in [0.717, 1.165) is 26.4 Å². The Morgan fingerprint density at radius 3 is 1.11 bits per heavy atom. The first kappa shape index (κ1) is 50.5. The number of fused-ring (bicyclic) bond motifs is 6. The molecule has 47 heavy (non-hydrogen) atoms. The minimum Gasteiger partial charge on any atom is -0.382 e. The van der Waals surface area contributed by atoms with Crippen molar-refractivity contribution in [2.75, 3.05) is 26.4 Å². The van der Waals surface area contributed by atoms with Crippen LogP contribution >= 0.6 is 0 Å². The van der Waals surface area contributed by atoms with E-state index in [1.165, 1.54) is 57.8 Å². The average molecular weight is 677 g/mol. The Morgan fingerprint density at radius 2 is 0.809 bits per heavy atom. The molecular formula is C42H58Al2O2Si+2. The molecule has 0 unspecified atom stereocenters. The SMILES string of the molecule is CCOCC.CCOCC.C[C]1[CH][C]2[C](C=Cc3ccccc32)[C]1[Si](C)(C)[C]1[C](C)[CH][C]2[C]1C=Cc1ccccc12.[Al+3].[Al+3].[CH3-].[CH3-].[CH3-].[CH3-]. The van der Waals surface area contributed by atoms with E-state index >= 15 is 0 Å². The summed E-state index contributed by atoms with van der Waals surface area (Å²) in [4.78, 5) is 0. The fourth-order valence-corrected chi connectivity index (χ4v) is 10.7. The van der Waals surface area contributed by atoms with Crippen LogP contribution < -0.4 is 0 Å². The van der Waals surface area contributed by atoms with Crippen LogP contribution in [0.15, 0.2) is 60.7 Å². The van der Waals surface area contributed by atoms with Crippen molar-refractivity contribution in [1.82, 2.24) is 0 Å². The summed E-state index contributed by atoms with van der Waals surface area (Å²) in [6.45, 7) is 21.0. The Labute approximate surface area is 315 Å². The van der Waals surface area contributed by atoms with Gasteiger partial charge in [0.1, 0.15) is 0 Å². The van der Waals surface area contributed by atoms with E-state index < -0.39 is 8.07 Å². The van der Waals surface area contributed by atoms with Crippen molar-refractivity contribution in [2.24, 2.45) is 0 Å². The van der Waals surface area contributed by atoms with Gasteiger partial charge in [0.25, 0.3) is 0 Å². The molecule has 0 aromatic heterocycles. The number of benzene rings is 2. The normalized spacial score (nSPS) is 17.5.